The summed E-state index contributed by atoms with van der Waals surface area (Å²) in [6.07, 6.45) is -0.232. The van der Waals surface area contributed by atoms with Gasteiger partial charge < -0.3 is 19.1 Å². The average Bonchev–Trinajstić information content (AvgIpc) is 2.50. The largest absolute Gasteiger partial charge is 0.514 e. The molecule has 1 heterocycles. The van der Waals surface area contributed by atoms with Crippen molar-refractivity contribution in [3.63, 3.8) is 0 Å². The summed E-state index contributed by atoms with van der Waals surface area (Å²) in [6.45, 7) is 3.12. The summed E-state index contributed by atoms with van der Waals surface area (Å²) >= 11 is 0. The summed E-state index contributed by atoms with van der Waals surface area (Å²) in [6, 6.07) is 8.69. The number of carbonyl (C=O) groups excluding carboxylic acids is 2. The molecule has 1 saturated heterocycles. The van der Waals surface area contributed by atoms with E-state index in [9.17, 15) is 9.59 Å². The molecule has 2 rings (SSSR count). The molecular weight excluding hydrogens is 286 g/mol. The van der Waals surface area contributed by atoms with Crippen LogP contribution in [-0.2, 0) is 14.3 Å². The number of hydrogen-bond donors (Lipinski definition) is 1. The molecule has 1 aromatic carbocycles. The van der Waals surface area contributed by atoms with Crippen LogP contribution >= 0.6 is 0 Å². The van der Waals surface area contributed by atoms with E-state index < -0.39 is 17.7 Å². The first-order chi connectivity index (χ1) is 10.4. The van der Waals surface area contributed by atoms with Crippen LogP contribution in [0.5, 0.6) is 5.75 Å². The Morgan fingerprint density at radius 1 is 1.27 bits per heavy atom. The number of carbonyl (C=O) groups is 2. The summed E-state index contributed by atoms with van der Waals surface area (Å²) < 4.78 is 15.5. The van der Waals surface area contributed by atoms with Crippen molar-refractivity contribution in [1.29, 1.82) is 0 Å². The number of benzene rings is 1. The summed E-state index contributed by atoms with van der Waals surface area (Å²) in [4.78, 5) is 25.2. The quantitative estimate of drug-likeness (QED) is 0.657. The third-order valence-electron chi connectivity index (χ3n) is 4.08. The minimum absolute atomic E-state index is 0.367. The van der Waals surface area contributed by atoms with Crippen molar-refractivity contribution in [2.24, 2.45) is 5.92 Å². The normalized spacial score (nSPS) is 27.8. The van der Waals surface area contributed by atoms with E-state index in [4.69, 9.17) is 14.2 Å². The first kappa shape index (κ1) is 16.3. The molecule has 120 valence electrons. The lowest BCUT2D eigenvalue weighted by molar-refractivity contribution is -0.890. The topological polar surface area (TPSA) is 66.3 Å². The Hall–Kier alpha value is -2.08. The SMILES string of the molecule is COC(=O)[C@H]1C[NH+](C)CC[C@]1(C)OC(=O)Oc1ccccc1. The third-order valence-corrected chi connectivity index (χ3v) is 4.08. The first-order valence-corrected chi connectivity index (χ1v) is 7.29. The van der Waals surface area contributed by atoms with E-state index >= 15 is 0 Å². The van der Waals surface area contributed by atoms with Crippen LogP contribution in [0.1, 0.15) is 13.3 Å². The van der Waals surface area contributed by atoms with E-state index in [1.165, 1.54) is 12.0 Å². The average molecular weight is 308 g/mol. The van der Waals surface area contributed by atoms with E-state index in [1.54, 1.807) is 31.2 Å². The molecule has 6 heteroatoms. The maximum Gasteiger partial charge on any atom is 0.514 e. The number of para-hydroxylation sites is 1. The van der Waals surface area contributed by atoms with Crippen LogP contribution in [0.2, 0.25) is 0 Å². The molecule has 0 radical (unpaired) electrons. The summed E-state index contributed by atoms with van der Waals surface area (Å²) in [7, 11) is 3.34. The molecule has 0 amide bonds. The van der Waals surface area contributed by atoms with Crippen LogP contribution in [0, 0.1) is 5.92 Å². The third kappa shape index (κ3) is 3.76. The van der Waals surface area contributed by atoms with Crippen molar-refractivity contribution in [3.8, 4) is 5.75 Å². The van der Waals surface area contributed by atoms with E-state index in [-0.39, 0.29) is 5.97 Å². The second kappa shape index (κ2) is 6.79. The molecule has 3 atom stereocenters. The van der Waals surface area contributed by atoms with Crippen molar-refractivity contribution in [1.82, 2.24) is 0 Å². The fourth-order valence-electron chi connectivity index (χ4n) is 2.70. The number of methoxy groups -OCH3 is 1. The molecule has 1 N–H and O–H groups in total. The molecule has 6 nitrogen and oxygen atoms in total. The molecule has 1 aliphatic heterocycles. The Kier molecular flexibility index (Phi) is 5.03. The van der Waals surface area contributed by atoms with Gasteiger partial charge in [0, 0.05) is 6.42 Å². The molecular formula is C16H22NO5+. The Morgan fingerprint density at radius 2 is 1.95 bits per heavy atom. The Morgan fingerprint density at radius 3 is 2.59 bits per heavy atom. The maximum atomic E-state index is 12.0. The number of rotatable bonds is 3. The summed E-state index contributed by atoms with van der Waals surface area (Å²) in [5, 5.41) is 0. The van der Waals surface area contributed by atoms with Crippen molar-refractivity contribution in [2.75, 3.05) is 27.2 Å². The fourth-order valence-corrected chi connectivity index (χ4v) is 2.70. The molecule has 0 saturated carbocycles. The molecule has 1 fully saturated rings. The van der Waals surface area contributed by atoms with Crippen LogP contribution in [0.4, 0.5) is 4.79 Å². The Labute approximate surface area is 129 Å². The van der Waals surface area contributed by atoms with E-state index in [0.29, 0.717) is 18.7 Å². The van der Waals surface area contributed by atoms with Crippen LogP contribution < -0.4 is 9.64 Å². The van der Waals surface area contributed by atoms with E-state index in [2.05, 4.69) is 0 Å². The van der Waals surface area contributed by atoms with Crippen molar-refractivity contribution >= 4 is 12.1 Å². The van der Waals surface area contributed by atoms with Gasteiger partial charge in [-0.15, -0.1) is 0 Å². The van der Waals surface area contributed by atoms with Gasteiger partial charge in [0.05, 0.1) is 27.2 Å². The predicted molar refractivity (Wildman–Crippen MR) is 78.7 cm³/mol. The number of quaternary nitrogens is 1. The zero-order valence-corrected chi connectivity index (χ0v) is 13.1. The van der Waals surface area contributed by atoms with Crippen LogP contribution in [0.3, 0.4) is 0 Å². The highest BCUT2D eigenvalue weighted by Gasteiger charge is 2.49. The van der Waals surface area contributed by atoms with Gasteiger partial charge in [0.2, 0.25) is 0 Å². The van der Waals surface area contributed by atoms with Crippen LogP contribution in [0.15, 0.2) is 30.3 Å². The summed E-state index contributed by atoms with van der Waals surface area (Å²) in [5.74, 6) is -0.465. The monoisotopic (exact) mass is 308 g/mol. The van der Waals surface area contributed by atoms with Crippen molar-refractivity contribution in [3.05, 3.63) is 30.3 Å². The zero-order valence-electron chi connectivity index (χ0n) is 13.1. The van der Waals surface area contributed by atoms with Gasteiger partial charge in [0.1, 0.15) is 17.3 Å². The van der Waals surface area contributed by atoms with Gasteiger partial charge in [-0.05, 0) is 19.1 Å². The number of piperidine rings is 1. The van der Waals surface area contributed by atoms with Gasteiger partial charge in [-0.25, -0.2) is 4.79 Å². The van der Waals surface area contributed by atoms with Crippen molar-refractivity contribution < 1.29 is 28.7 Å². The molecule has 1 unspecified atom stereocenters. The molecule has 0 bridgehead atoms. The Balaban J connectivity index is 2.07. The number of ether oxygens (including phenoxy) is 3. The second-order valence-electron chi connectivity index (χ2n) is 5.82. The van der Waals surface area contributed by atoms with Gasteiger partial charge in [-0.3, -0.25) is 4.79 Å². The minimum atomic E-state index is -0.918. The zero-order chi connectivity index (χ0) is 16.2. The maximum absolute atomic E-state index is 12.0. The standard InChI is InChI=1S/C16H21NO5/c1-16(9-10-17(2)11-13(16)14(18)20-3)22-15(19)21-12-7-5-4-6-8-12/h4-8,13H,9-11H2,1-3H3/p+1/t13-,16+/m1/s1. The molecule has 1 aliphatic rings. The molecule has 0 aliphatic carbocycles. The predicted octanol–water partition coefficient (Wildman–Crippen LogP) is 0.668. The number of hydrogen-bond acceptors (Lipinski definition) is 5. The number of likely N-dealkylation sites (tertiary alicyclic amines) is 1. The Bertz CT molecular complexity index is 533. The lowest BCUT2D eigenvalue weighted by atomic mass is 9.82. The van der Waals surface area contributed by atoms with Crippen LogP contribution in [0.25, 0.3) is 0 Å². The highest BCUT2D eigenvalue weighted by atomic mass is 16.7. The smallest absolute Gasteiger partial charge is 0.469 e. The van der Waals surface area contributed by atoms with Gasteiger partial charge in [0.25, 0.3) is 0 Å². The number of esters is 1. The van der Waals surface area contributed by atoms with Gasteiger partial charge in [-0.2, -0.15) is 0 Å². The lowest BCUT2D eigenvalue weighted by Crippen LogP contribution is -3.12. The van der Waals surface area contributed by atoms with E-state index in [1.807, 2.05) is 13.1 Å². The van der Waals surface area contributed by atoms with Gasteiger partial charge in [-0.1, -0.05) is 18.2 Å². The molecule has 0 spiro atoms. The highest BCUT2D eigenvalue weighted by Crippen LogP contribution is 2.28. The highest BCUT2D eigenvalue weighted by molar-refractivity contribution is 5.75. The molecule has 1 aromatic rings. The second-order valence-corrected chi connectivity index (χ2v) is 5.82. The molecule has 0 aromatic heterocycles. The van der Waals surface area contributed by atoms with Crippen molar-refractivity contribution in [2.45, 2.75) is 18.9 Å². The lowest BCUT2D eigenvalue weighted by Gasteiger charge is -2.39. The van der Waals surface area contributed by atoms with Gasteiger partial charge >= 0.3 is 12.1 Å². The number of nitrogens with one attached hydrogen (secondary N) is 1. The minimum Gasteiger partial charge on any atom is -0.469 e. The van der Waals surface area contributed by atoms with Gasteiger partial charge in [0.15, 0.2) is 0 Å². The van der Waals surface area contributed by atoms with E-state index in [0.717, 1.165) is 6.54 Å². The summed E-state index contributed by atoms with van der Waals surface area (Å²) in [5.41, 5.74) is -0.918. The fraction of sp³-hybridized carbons (Fsp3) is 0.500. The van der Waals surface area contributed by atoms with Crippen LogP contribution in [-0.4, -0.2) is 45.0 Å². The first-order valence-electron chi connectivity index (χ1n) is 7.29. The molecule has 22 heavy (non-hydrogen) atoms.